The molecule has 0 bridgehead atoms. The summed E-state index contributed by atoms with van der Waals surface area (Å²) in [6.45, 7) is 1.93. The molecule has 0 aliphatic carbocycles. The zero-order chi connectivity index (χ0) is 15.5. The molecule has 0 N–H and O–H groups in total. The number of aromatic nitrogens is 1. The van der Waals surface area contributed by atoms with Crippen LogP contribution in [0.4, 0.5) is 4.39 Å². The van der Waals surface area contributed by atoms with Crippen LogP contribution < -0.4 is 0 Å². The molecule has 0 saturated carbocycles. The zero-order valence-corrected chi connectivity index (χ0v) is 13.4. The van der Waals surface area contributed by atoms with Crippen molar-refractivity contribution in [3.63, 3.8) is 0 Å². The largest absolute Gasteiger partial charge is 0.455 e. The number of benzene rings is 1. The van der Waals surface area contributed by atoms with Crippen molar-refractivity contribution in [3.8, 4) is 0 Å². The average molecular weight is 362 g/mol. The molecule has 22 heavy (non-hydrogen) atoms. The maximum absolute atomic E-state index is 14.3. The Bertz CT molecular complexity index is 733. The molecule has 112 valence electrons. The molecule has 0 amide bonds. The minimum atomic E-state index is -0.499. The fourth-order valence-corrected chi connectivity index (χ4v) is 2.45. The molecule has 0 atom stereocenters. The smallest absolute Gasteiger partial charge is 0.267 e. The van der Waals surface area contributed by atoms with Gasteiger partial charge in [0.25, 0.3) is 6.29 Å². The van der Waals surface area contributed by atoms with Gasteiger partial charge in [0, 0.05) is 10.7 Å². The molecule has 0 spiro atoms. The summed E-state index contributed by atoms with van der Waals surface area (Å²) in [4.78, 5) is 4.13. The van der Waals surface area contributed by atoms with E-state index in [1.54, 1.807) is 18.3 Å². The molecule has 1 aliphatic rings. The molecular formula is C17H13BrFNO2. The van der Waals surface area contributed by atoms with Gasteiger partial charge < -0.3 is 9.47 Å². The van der Waals surface area contributed by atoms with E-state index >= 15 is 0 Å². The third-order valence-electron chi connectivity index (χ3n) is 3.35. The summed E-state index contributed by atoms with van der Waals surface area (Å²) in [6, 6.07) is 9.00. The summed E-state index contributed by atoms with van der Waals surface area (Å²) in [5.74, 6) is -0.390. The van der Waals surface area contributed by atoms with Gasteiger partial charge in [-0.1, -0.05) is 28.1 Å². The van der Waals surface area contributed by atoms with Crippen LogP contribution in [0.25, 0.3) is 11.9 Å². The summed E-state index contributed by atoms with van der Waals surface area (Å²) in [5.41, 5.74) is 2.80. The van der Waals surface area contributed by atoms with Crippen LogP contribution in [-0.2, 0) is 9.47 Å². The molecule has 0 fully saturated rings. The van der Waals surface area contributed by atoms with E-state index in [0.29, 0.717) is 0 Å². The number of pyridine rings is 1. The Hall–Kier alpha value is -2.14. The van der Waals surface area contributed by atoms with Gasteiger partial charge in [0.1, 0.15) is 18.4 Å². The van der Waals surface area contributed by atoms with Gasteiger partial charge in [-0.2, -0.15) is 0 Å². The minimum absolute atomic E-state index is 0.272. The molecule has 1 aromatic heterocycles. The van der Waals surface area contributed by atoms with Crippen molar-refractivity contribution in [2.45, 2.75) is 13.2 Å². The highest BCUT2D eigenvalue weighted by molar-refractivity contribution is 9.10. The monoisotopic (exact) mass is 361 g/mol. The second-order valence-corrected chi connectivity index (χ2v) is 5.65. The van der Waals surface area contributed by atoms with Gasteiger partial charge in [0.15, 0.2) is 0 Å². The number of nitrogens with zero attached hydrogens (tertiary/aromatic N) is 1. The third-order valence-corrected chi connectivity index (χ3v) is 4.21. The first-order valence-corrected chi connectivity index (χ1v) is 7.49. The lowest BCUT2D eigenvalue weighted by atomic mass is 10.1. The number of hydrogen-bond acceptors (Lipinski definition) is 3. The van der Waals surface area contributed by atoms with E-state index in [9.17, 15) is 4.39 Å². The average Bonchev–Trinajstić information content (AvgIpc) is 3.06. The Morgan fingerprint density at radius 3 is 2.68 bits per heavy atom. The number of ether oxygens (including phenoxy) is 2. The van der Waals surface area contributed by atoms with Crippen molar-refractivity contribution in [1.82, 2.24) is 4.98 Å². The van der Waals surface area contributed by atoms with Gasteiger partial charge in [-0.3, -0.25) is 4.98 Å². The van der Waals surface area contributed by atoms with E-state index in [1.165, 1.54) is 18.6 Å². The van der Waals surface area contributed by atoms with Gasteiger partial charge in [-0.25, -0.2) is 4.39 Å². The SMILES string of the molecule is Cc1c(Br)cccc1/C=C(\F)c1ccc(C2OC=CO2)cn1. The lowest BCUT2D eigenvalue weighted by Crippen LogP contribution is -1.99. The second-order valence-electron chi connectivity index (χ2n) is 4.80. The van der Waals surface area contributed by atoms with Crippen LogP contribution in [0, 0.1) is 6.92 Å². The molecular weight excluding hydrogens is 349 g/mol. The van der Waals surface area contributed by atoms with Crippen LogP contribution in [0.3, 0.4) is 0 Å². The molecule has 5 heteroatoms. The fourth-order valence-electron chi connectivity index (χ4n) is 2.07. The van der Waals surface area contributed by atoms with E-state index in [4.69, 9.17) is 9.47 Å². The van der Waals surface area contributed by atoms with Crippen molar-refractivity contribution >= 4 is 27.8 Å². The first-order valence-electron chi connectivity index (χ1n) is 6.70. The Morgan fingerprint density at radius 1 is 1.23 bits per heavy atom. The molecule has 2 heterocycles. The van der Waals surface area contributed by atoms with Crippen molar-refractivity contribution in [2.75, 3.05) is 0 Å². The highest BCUT2D eigenvalue weighted by Crippen LogP contribution is 2.27. The summed E-state index contributed by atoms with van der Waals surface area (Å²) < 4.78 is 25.7. The first-order chi connectivity index (χ1) is 10.6. The Morgan fingerprint density at radius 2 is 2.00 bits per heavy atom. The van der Waals surface area contributed by atoms with Crippen molar-refractivity contribution < 1.29 is 13.9 Å². The van der Waals surface area contributed by atoms with Crippen LogP contribution in [-0.4, -0.2) is 4.98 Å². The maximum atomic E-state index is 14.3. The molecule has 3 nitrogen and oxygen atoms in total. The molecule has 1 aliphatic heterocycles. The van der Waals surface area contributed by atoms with Crippen molar-refractivity contribution in [1.29, 1.82) is 0 Å². The van der Waals surface area contributed by atoms with Crippen LogP contribution >= 0.6 is 15.9 Å². The quantitative estimate of drug-likeness (QED) is 0.758. The topological polar surface area (TPSA) is 31.4 Å². The molecule has 0 saturated heterocycles. The van der Waals surface area contributed by atoms with Gasteiger partial charge in [-0.15, -0.1) is 0 Å². The lowest BCUT2D eigenvalue weighted by Gasteiger charge is -2.10. The zero-order valence-electron chi connectivity index (χ0n) is 11.8. The van der Waals surface area contributed by atoms with Crippen LogP contribution in [0.5, 0.6) is 0 Å². The highest BCUT2D eigenvalue weighted by atomic mass is 79.9. The van der Waals surface area contributed by atoms with E-state index in [-0.39, 0.29) is 11.5 Å². The number of rotatable bonds is 3. The Labute approximate surface area is 136 Å². The molecule has 0 radical (unpaired) electrons. The van der Waals surface area contributed by atoms with Crippen molar-refractivity contribution in [3.05, 3.63) is 75.9 Å². The Kier molecular flexibility index (Phi) is 4.24. The van der Waals surface area contributed by atoms with E-state index in [2.05, 4.69) is 20.9 Å². The summed E-state index contributed by atoms with van der Waals surface area (Å²) >= 11 is 3.44. The normalized spacial score (nSPS) is 14.8. The predicted octanol–water partition coefficient (Wildman–Crippen LogP) is 5.14. The van der Waals surface area contributed by atoms with Gasteiger partial charge in [0.2, 0.25) is 0 Å². The Balaban J connectivity index is 1.83. The highest BCUT2D eigenvalue weighted by Gasteiger charge is 2.16. The molecule has 2 aromatic rings. The minimum Gasteiger partial charge on any atom is -0.455 e. The molecule has 1 aromatic carbocycles. The van der Waals surface area contributed by atoms with Crippen molar-refractivity contribution in [2.24, 2.45) is 0 Å². The standard InChI is InChI=1S/C17H13BrFNO2/c1-11-12(3-2-4-14(11)18)9-15(19)16-6-5-13(10-20-16)17-21-7-8-22-17/h2-10,17H,1H3/b15-9-. The fraction of sp³-hybridized carbons (Fsp3) is 0.118. The summed E-state index contributed by atoms with van der Waals surface area (Å²) in [7, 11) is 0. The van der Waals surface area contributed by atoms with Gasteiger partial charge in [-0.05, 0) is 42.3 Å². The van der Waals surface area contributed by atoms with Crippen LogP contribution in [0.15, 0.2) is 53.5 Å². The number of hydrogen-bond donors (Lipinski definition) is 0. The summed E-state index contributed by atoms with van der Waals surface area (Å²) in [5, 5.41) is 0. The predicted molar refractivity (Wildman–Crippen MR) is 86.1 cm³/mol. The van der Waals surface area contributed by atoms with Gasteiger partial charge in [0.05, 0.1) is 11.3 Å². The van der Waals surface area contributed by atoms with E-state index in [1.807, 2.05) is 25.1 Å². The summed E-state index contributed by atoms with van der Waals surface area (Å²) in [6.07, 6.45) is 5.46. The van der Waals surface area contributed by atoms with E-state index < -0.39 is 6.29 Å². The van der Waals surface area contributed by atoms with Gasteiger partial charge >= 0.3 is 0 Å². The lowest BCUT2D eigenvalue weighted by molar-refractivity contribution is -0.0248. The molecule has 3 rings (SSSR count). The van der Waals surface area contributed by atoms with Crippen LogP contribution in [0.1, 0.15) is 28.7 Å². The van der Waals surface area contributed by atoms with E-state index in [0.717, 1.165) is 21.2 Å². The second kappa shape index (κ2) is 6.32. The van der Waals surface area contributed by atoms with Crippen LogP contribution in [0.2, 0.25) is 0 Å². The first kappa shape index (κ1) is 14.8. The molecule has 0 unspecified atom stereocenters. The number of halogens is 2. The third kappa shape index (κ3) is 3.04. The maximum Gasteiger partial charge on any atom is 0.267 e.